The number of methoxy groups -OCH3 is 1. The van der Waals surface area contributed by atoms with Gasteiger partial charge in [-0.25, -0.2) is 0 Å². The third-order valence-corrected chi connectivity index (χ3v) is 5.22. The molecule has 154 valence electrons. The molecule has 3 rings (SSSR count). The van der Waals surface area contributed by atoms with Crippen molar-refractivity contribution in [3.63, 3.8) is 0 Å². The third-order valence-electron chi connectivity index (χ3n) is 4.09. The number of anilines is 1. The minimum absolute atomic E-state index is 0.00333. The first-order valence-electron chi connectivity index (χ1n) is 8.64. The van der Waals surface area contributed by atoms with Gasteiger partial charge in [-0.15, -0.1) is 0 Å². The van der Waals surface area contributed by atoms with Crippen LogP contribution in [0.25, 0.3) is 6.08 Å². The summed E-state index contributed by atoms with van der Waals surface area (Å²) in [5.41, 5.74) is 0.978. The number of nitrogens with zero attached hydrogens (tertiary/aromatic N) is 1. The van der Waals surface area contributed by atoms with Crippen molar-refractivity contribution in [3.8, 4) is 11.5 Å². The lowest BCUT2D eigenvalue weighted by Crippen LogP contribution is -2.54. The summed E-state index contributed by atoms with van der Waals surface area (Å²) in [6.07, 6.45) is 3.08. The van der Waals surface area contributed by atoms with Crippen LogP contribution in [-0.2, 0) is 9.59 Å². The van der Waals surface area contributed by atoms with Crippen LogP contribution in [0.3, 0.4) is 0 Å². The van der Waals surface area contributed by atoms with Gasteiger partial charge in [-0.05, 0) is 76.2 Å². The Balaban J connectivity index is 2.01. The van der Waals surface area contributed by atoms with Crippen LogP contribution in [0.5, 0.6) is 11.5 Å². The van der Waals surface area contributed by atoms with Crippen molar-refractivity contribution in [1.29, 1.82) is 0 Å². The smallest absolute Gasteiger partial charge is 0.270 e. The first-order valence-corrected chi connectivity index (χ1v) is 10.2. The molecule has 0 spiro atoms. The summed E-state index contributed by atoms with van der Waals surface area (Å²) in [7, 11) is 1.50. The normalized spacial score (nSPS) is 15.2. The van der Waals surface area contributed by atoms with Crippen molar-refractivity contribution in [2.24, 2.45) is 0 Å². The van der Waals surface area contributed by atoms with Gasteiger partial charge in [-0.3, -0.25) is 19.8 Å². The molecule has 2 aromatic rings. The Morgan fingerprint density at radius 3 is 2.60 bits per heavy atom. The van der Waals surface area contributed by atoms with Crippen molar-refractivity contribution in [3.05, 3.63) is 69.7 Å². The fourth-order valence-corrected chi connectivity index (χ4v) is 3.74. The van der Waals surface area contributed by atoms with Crippen molar-refractivity contribution in [2.75, 3.05) is 18.6 Å². The topological polar surface area (TPSA) is 67.9 Å². The lowest BCUT2D eigenvalue weighted by molar-refractivity contribution is -0.122. The molecule has 2 aromatic carbocycles. The maximum absolute atomic E-state index is 13.1. The maximum atomic E-state index is 13.1. The maximum Gasteiger partial charge on any atom is 0.270 e. The molecular formula is C21H16BrClN2O4S. The molecule has 1 saturated heterocycles. The zero-order chi connectivity index (χ0) is 21.8. The molecule has 1 fully saturated rings. The molecule has 0 radical (unpaired) electrons. The van der Waals surface area contributed by atoms with Crippen molar-refractivity contribution in [1.82, 2.24) is 5.32 Å². The zero-order valence-electron chi connectivity index (χ0n) is 15.8. The average molecular weight is 508 g/mol. The SMILES string of the molecule is C=CCOc1c(Br)cc(/C=C2/C(=O)NC(=S)N(c3ccc(Cl)cc3)C2=O)cc1OC. The molecule has 0 aliphatic carbocycles. The Labute approximate surface area is 192 Å². The number of carbonyl (C=O) groups excluding carboxylic acids is 2. The molecule has 9 heteroatoms. The minimum Gasteiger partial charge on any atom is -0.493 e. The highest BCUT2D eigenvalue weighted by Crippen LogP contribution is 2.37. The predicted molar refractivity (Wildman–Crippen MR) is 124 cm³/mol. The molecule has 30 heavy (non-hydrogen) atoms. The predicted octanol–water partition coefficient (Wildman–Crippen LogP) is 4.51. The Kier molecular flexibility index (Phi) is 6.91. The van der Waals surface area contributed by atoms with Crippen LogP contribution >= 0.6 is 39.7 Å². The summed E-state index contributed by atoms with van der Waals surface area (Å²) in [4.78, 5) is 26.8. The summed E-state index contributed by atoms with van der Waals surface area (Å²) in [6.45, 7) is 3.92. The van der Waals surface area contributed by atoms with Gasteiger partial charge < -0.3 is 9.47 Å². The van der Waals surface area contributed by atoms with Gasteiger partial charge in [0.05, 0.1) is 17.3 Å². The van der Waals surface area contributed by atoms with E-state index in [2.05, 4.69) is 27.8 Å². The third kappa shape index (κ3) is 4.56. The Morgan fingerprint density at radius 1 is 1.27 bits per heavy atom. The summed E-state index contributed by atoms with van der Waals surface area (Å²) in [5, 5.41) is 3.06. The van der Waals surface area contributed by atoms with Crippen molar-refractivity contribution < 1.29 is 19.1 Å². The molecule has 0 atom stereocenters. The van der Waals surface area contributed by atoms with Gasteiger partial charge in [-0.1, -0.05) is 24.3 Å². The number of amides is 2. The molecule has 0 unspecified atom stereocenters. The molecule has 0 saturated carbocycles. The average Bonchev–Trinajstić information content (AvgIpc) is 2.71. The Morgan fingerprint density at radius 2 is 1.97 bits per heavy atom. The van der Waals surface area contributed by atoms with Gasteiger partial charge >= 0.3 is 0 Å². The molecule has 0 aromatic heterocycles. The Bertz CT molecular complexity index is 1070. The van der Waals surface area contributed by atoms with Crippen LogP contribution in [0.2, 0.25) is 5.02 Å². The van der Waals surface area contributed by atoms with Gasteiger partial charge in [0.25, 0.3) is 11.8 Å². The number of rotatable bonds is 6. The number of hydrogen-bond acceptors (Lipinski definition) is 5. The fraction of sp³-hybridized carbons (Fsp3) is 0.0952. The first kappa shape index (κ1) is 22.0. The van der Waals surface area contributed by atoms with Crippen LogP contribution < -0.4 is 19.7 Å². The molecule has 1 aliphatic heterocycles. The molecule has 1 heterocycles. The van der Waals surface area contributed by atoms with E-state index in [1.54, 1.807) is 42.5 Å². The van der Waals surface area contributed by atoms with E-state index >= 15 is 0 Å². The lowest BCUT2D eigenvalue weighted by atomic mass is 10.1. The first-order chi connectivity index (χ1) is 14.3. The number of carbonyl (C=O) groups is 2. The highest BCUT2D eigenvalue weighted by Gasteiger charge is 2.34. The number of hydrogen-bond donors (Lipinski definition) is 1. The van der Waals surface area contributed by atoms with Crippen molar-refractivity contribution >= 4 is 68.4 Å². The van der Waals surface area contributed by atoms with E-state index in [0.29, 0.717) is 38.9 Å². The summed E-state index contributed by atoms with van der Waals surface area (Å²) in [5.74, 6) is -0.208. The lowest BCUT2D eigenvalue weighted by Gasteiger charge is -2.29. The quantitative estimate of drug-likeness (QED) is 0.270. The molecular weight excluding hydrogens is 492 g/mol. The summed E-state index contributed by atoms with van der Waals surface area (Å²) >= 11 is 14.5. The van der Waals surface area contributed by atoms with Gasteiger partial charge in [0.1, 0.15) is 12.2 Å². The number of nitrogens with one attached hydrogen (secondary N) is 1. The molecule has 0 bridgehead atoms. The van der Waals surface area contributed by atoms with Crippen LogP contribution in [-0.4, -0.2) is 30.6 Å². The summed E-state index contributed by atoms with van der Waals surface area (Å²) in [6, 6.07) is 9.94. The zero-order valence-corrected chi connectivity index (χ0v) is 18.9. The number of ether oxygens (including phenoxy) is 2. The Hall–Kier alpha value is -2.68. The molecule has 1 N–H and O–H groups in total. The monoisotopic (exact) mass is 506 g/mol. The van der Waals surface area contributed by atoms with Crippen molar-refractivity contribution in [2.45, 2.75) is 0 Å². The highest BCUT2D eigenvalue weighted by molar-refractivity contribution is 9.10. The number of benzene rings is 2. The standard InChI is InChI=1S/C21H16BrClN2O4S/c1-3-8-29-18-16(22)10-12(11-17(18)28-2)9-15-19(26)24-21(30)25(20(15)27)14-6-4-13(23)5-7-14/h3-7,9-11H,1,8H2,2H3,(H,24,26,30)/b15-9-. The van der Waals surface area contributed by atoms with Crippen LogP contribution in [0.15, 0.2) is 59.1 Å². The van der Waals surface area contributed by atoms with Crippen LogP contribution in [0, 0.1) is 0 Å². The second-order valence-corrected chi connectivity index (χ2v) is 7.75. The highest BCUT2D eigenvalue weighted by atomic mass is 79.9. The van der Waals surface area contributed by atoms with Crippen LogP contribution in [0.4, 0.5) is 5.69 Å². The molecule has 1 aliphatic rings. The van der Waals surface area contributed by atoms with E-state index in [9.17, 15) is 9.59 Å². The van der Waals surface area contributed by atoms with E-state index in [-0.39, 0.29) is 10.7 Å². The minimum atomic E-state index is -0.586. The van der Waals surface area contributed by atoms with E-state index in [1.165, 1.54) is 18.1 Å². The number of thiocarbonyl (C=S) groups is 1. The number of halogens is 2. The van der Waals surface area contributed by atoms with Crippen LogP contribution in [0.1, 0.15) is 5.56 Å². The van der Waals surface area contributed by atoms with E-state index in [4.69, 9.17) is 33.3 Å². The fourth-order valence-electron chi connectivity index (χ4n) is 2.75. The molecule has 2 amide bonds. The van der Waals surface area contributed by atoms with E-state index < -0.39 is 11.8 Å². The van der Waals surface area contributed by atoms with E-state index in [1.807, 2.05) is 0 Å². The second kappa shape index (κ2) is 9.42. The van der Waals surface area contributed by atoms with Gasteiger partial charge in [0.2, 0.25) is 0 Å². The molecule has 6 nitrogen and oxygen atoms in total. The summed E-state index contributed by atoms with van der Waals surface area (Å²) < 4.78 is 11.6. The van der Waals surface area contributed by atoms with Gasteiger partial charge in [-0.2, -0.15) is 0 Å². The second-order valence-electron chi connectivity index (χ2n) is 6.07. The van der Waals surface area contributed by atoms with Gasteiger partial charge in [0, 0.05) is 5.02 Å². The largest absolute Gasteiger partial charge is 0.493 e. The van der Waals surface area contributed by atoms with Gasteiger partial charge in [0.15, 0.2) is 16.6 Å². The van der Waals surface area contributed by atoms with E-state index in [0.717, 1.165) is 0 Å².